The van der Waals surface area contributed by atoms with Crippen molar-refractivity contribution in [1.29, 1.82) is 0 Å². The third kappa shape index (κ3) is 3.52. The molecule has 3 aromatic rings. The van der Waals surface area contributed by atoms with E-state index in [1.807, 2.05) is 24.1 Å². The molecule has 7 nitrogen and oxygen atoms in total. The number of ketones is 1. The van der Waals surface area contributed by atoms with Crippen LogP contribution in [0, 0.1) is 13.8 Å². The molecular formula is C21H21N5O2S2. The van der Waals surface area contributed by atoms with Crippen molar-refractivity contribution in [1.82, 2.24) is 19.9 Å². The van der Waals surface area contributed by atoms with Gasteiger partial charge in [-0.3, -0.25) is 9.59 Å². The van der Waals surface area contributed by atoms with Crippen LogP contribution in [-0.4, -0.2) is 43.6 Å². The highest BCUT2D eigenvalue weighted by Crippen LogP contribution is 2.35. The number of carbonyl (C=O) groups excluding carboxylic acids is 2. The molecule has 5 rings (SSSR count). The summed E-state index contributed by atoms with van der Waals surface area (Å²) in [6, 6.07) is 3.69. The van der Waals surface area contributed by atoms with Gasteiger partial charge in [0.05, 0.1) is 26.8 Å². The van der Waals surface area contributed by atoms with E-state index >= 15 is 0 Å². The zero-order valence-corrected chi connectivity index (χ0v) is 18.3. The number of thiazole rings is 2. The lowest BCUT2D eigenvalue weighted by Gasteiger charge is -2.34. The zero-order chi connectivity index (χ0) is 20.8. The first-order valence-corrected chi connectivity index (χ1v) is 11.6. The molecule has 2 aliphatic rings. The Morgan fingerprint density at radius 1 is 1.17 bits per heavy atom. The van der Waals surface area contributed by atoms with Crippen molar-refractivity contribution in [3.05, 3.63) is 40.0 Å². The average Bonchev–Trinajstić information content (AvgIpc) is 3.38. The number of aromatic nitrogens is 3. The minimum absolute atomic E-state index is 0.0263. The van der Waals surface area contributed by atoms with Crippen molar-refractivity contribution in [3.63, 3.8) is 0 Å². The van der Waals surface area contributed by atoms with E-state index in [1.54, 1.807) is 29.7 Å². The van der Waals surface area contributed by atoms with Gasteiger partial charge in [0.15, 0.2) is 5.13 Å². The Bertz CT molecular complexity index is 1100. The molecule has 0 saturated carbocycles. The fourth-order valence-corrected chi connectivity index (χ4v) is 6.02. The number of fused-ring (bicyclic) bond motifs is 2. The van der Waals surface area contributed by atoms with E-state index in [1.165, 1.54) is 11.3 Å². The maximum Gasteiger partial charge on any atom is 0.255 e. The van der Waals surface area contributed by atoms with Gasteiger partial charge in [-0.15, -0.1) is 22.7 Å². The maximum absolute atomic E-state index is 13.0. The minimum Gasteiger partial charge on any atom is -0.332 e. The van der Waals surface area contributed by atoms with Gasteiger partial charge in [0.1, 0.15) is 11.6 Å². The topological polar surface area (TPSA) is 88.1 Å². The predicted molar refractivity (Wildman–Crippen MR) is 117 cm³/mol. The van der Waals surface area contributed by atoms with E-state index in [-0.39, 0.29) is 23.8 Å². The number of hydrogen-bond donors (Lipinski definition) is 1. The zero-order valence-electron chi connectivity index (χ0n) is 16.7. The van der Waals surface area contributed by atoms with Crippen LogP contribution in [0.1, 0.15) is 46.7 Å². The molecule has 0 spiro atoms. The van der Waals surface area contributed by atoms with Crippen LogP contribution in [0.3, 0.4) is 0 Å². The molecule has 2 saturated heterocycles. The quantitative estimate of drug-likeness (QED) is 0.650. The van der Waals surface area contributed by atoms with Crippen molar-refractivity contribution >= 4 is 45.3 Å². The van der Waals surface area contributed by atoms with E-state index in [9.17, 15) is 9.59 Å². The predicted octanol–water partition coefficient (Wildman–Crippen LogP) is 4.36. The first-order chi connectivity index (χ1) is 14.5. The lowest BCUT2D eigenvalue weighted by molar-refractivity contribution is -0.122. The van der Waals surface area contributed by atoms with E-state index in [2.05, 4.69) is 20.3 Å². The molecule has 2 bridgehead atoms. The second-order valence-electron chi connectivity index (χ2n) is 7.79. The van der Waals surface area contributed by atoms with Crippen LogP contribution < -0.4 is 5.32 Å². The first kappa shape index (κ1) is 19.3. The van der Waals surface area contributed by atoms with Gasteiger partial charge in [-0.2, -0.15) is 0 Å². The number of rotatable bonds is 4. The lowest BCUT2D eigenvalue weighted by Crippen LogP contribution is -2.46. The average molecular weight is 440 g/mol. The Morgan fingerprint density at radius 3 is 2.57 bits per heavy atom. The van der Waals surface area contributed by atoms with Crippen LogP contribution in [0.4, 0.5) is 10.9 Å². The third-order valence-electron chi connectivity index (χ3n) is 5.67. The van der Waals surface area contributed by atoms with Crippen LogP contribution in [0.2, 0.25) is 0 Å². The number of hydrogen-bond acceptors (Lipinski definition) is 8. The standard InChI is InChI=1S/C21H21N5O2S2/c1-11-19(30-12(2)23-11)17-10-29-21(24-17)25-18-6-3-13(9-22-18)20(28)26-14-4-5-15(26)8-16(27)7-14/h3,6,9-10,14-15H,4-5,7-8H2,1-2H3,(H,22,24,25). The van der Waals surface area contributed by atoms with Gasteiger partial charge in [0, 0.05) is 36.5 Å². The highest BCUT2D eigenvalue weighted by molar-refractivity contribution is 7.16. The summed E-state index contributed by atoms with van der Waals surface area (Å²) >= 11 is 3.15. The first-order valence-electron chi connectivity index (χ1n) is 9.95. The molecule has 1 amide bonds. The van der Waals surface area contributed by atoms with Gasteiger partial charge in [-0.25, -0.2) is 15.0 Å². The van der Waals surface area contributed by atoms with Crippen molar-refractivity contribution < 1.29 is 9.59 Å². The summed E-state index contributed by atoms with van der Waals surface area (Å²) in [6.45, 7) is 3.99. The molecule has 2 fully saturated rings. The molecule has 3 aromatic heterocycles. The second kappa shape index (κ2) is 7.55. The Labute approximate surface area is 182 Å². The summed E-state index contributed by atoms with van der Waals surface area (Å²) in [6.07, 6.45) is 4.41. The van der Waals surface area contributed by atoms with Crippen LogP contribution in [0.25, 0.3) is 10.6 Å². The number of nitrogens with zero attached hydrogens (tertiary/aromatic N) is 4. The molecule has 1 N–H and O–H groups in total. The molecule has 30 heavy (non-hydrogen) atoms. The summed E-state index contributed by atoms with van der Waals surface area (Å²) in [7, 11) is 0. The largest absolute Gasteiger partial charge is 0.332 e. The van der Waals surface area contributed by atoms with Crippen molar-refractivity contribution in [2.45, 2.75) is 51.6 Å². The number of amides is 1. The summed E-state index contributed by atoms with van der Waals surface area (Å²) in [5.74, 6) is 0.888. The number of carbonyl (C=O) groups is 2. The number of piperidine rings is 1. The summed E-state index contributed by atoms with van der Waals surface area (Å²) < 4.78 is 0. The van der Waals surface area contributed by atoms with Crippen molar-refractivity contribution in [3.8, 4) is 10.6 Å². The SMILES string of the molecule is Cc1nc(C)c(-c2csc(Nc3ccc(C(=O)N4C5CCC4CC(=O)C5)cn3)n2)s1. The number of Topliss-reactive ketones (excluding diaryl/α,β-unsaturated/α-hetero) is 1. The van der Waals surface area contributed by atoms with Gasteiger partial charge >= 0.3 is 0 Å². The molecule has 0 radical (unpaired) electrons. The Kier molecular flexibility index (Phi) is 4.86. The van der Waals surface area contributed by atoms with Gasteiger partial charge in [-0.05, 0) is 38.8 Å². The van der Waals surface area contributed by atoms with Crippen LogP contribution in [-0.2, 0) is 4.79 Å². The highest BCUT2D eigenvalue weighted by atomic mass is 32.1. The smallest absolute Gasteiger partial charge is 0.255 e. The van der Waals surface area contributed by atoms with E-state index in [0.717, 1.165) is 39.2 Å². The number of aryl methyl sites for hydroxylation is 2. The van der Waals surface area contributed by atoms with Crippen LogP contribution in [0.5, 0.6) is 0 Å². The molecule has 0 aromatic carbocycles. The highest BCUT2D eigenvalue weighted by Gasteiger charge is 2.42. The summed E-state index contributed by atoms with van der Waals surface area (Å²) in [4.78, 5) is 41.3. The Morgan fingerprint density at radius 2 is 1.93 bits per heavy atom. The fourth-order valence-electron chi connectivity index (χ4n) is 4.36. The molecule has 0 aliphatic carbocycles. The molecule has 154 valence electrons. The van der Waals surface area contributed by atoms with Crippen LogP contribution >= 0.6 is 22.7 Å². The number of pyridine rings is 1. The summed E-state index contributed by atoms with van der Waals surface area (Å²) in [5, 5.41) is 6.99. The van der Waals surface area contributed by atoms with E-state index in [4.69, 9.17) is 0 Å². The van der Waals surface area contributed by atoms with Crippen molar-refractivity contribution in [2.24, 2.45) is 0 Å². The van der Waals surface area contributed by atoms with E-state index < -0.39 is 0 Å². The lowest BCUT2D eigenvalue weighted by atomic mass is 10.0. The molecule has 9 heteroatoms. The molecule has 2 aliphatic heterocycles. The number of nitrogens with one attached hydrogen (secondary N) is 1. The van der Waals surface area contributed by atoms with Gasteiger partial charge in [-0.1, -0.05) is 0 Å². The molecule has 2 atom stereocenters. The number of anilines is 2. The van der Waals surface area contributed by atoms with Gasteiger partial charge in [0.2, 0.25) is 0 Å². The second-order valence-corrected chi connectivity index (χ2v) is 9.85. The molecule has 5 heterocycles. The fraction of sp³-hybridized carbons (Fsp3) is 0.381. The van der Waals surface area contributed by atoms with Gasteiger partial charge < -0.3 is 10.2 Å². The Hall–Kier alpha value is -2.65. The molecule has 2 unspecified atom stereocenters. The van der Waals surface area contributed by atoms with Crippen molar-refractivity contribution in [2.75, 3.05) is 5.32 Å². The van der Waals surface area contributed by atoms with E-state index in [0.29, 0.717) is 24.2 Å². The van der Waals surface area contributed by atoms with Crippen LogP contribution in [0.15, 0.2) is 23.7 Å². The third-order valence-corrected chi connectivity index (χ3v) is 7.52. The monoisotopic (exact) mass is 439 g/mol. The minimum atomic E-state index is -0.0263. The summed E-state index contributed by atoms with van der Waals surface area (Å²) in [5.41, 5.74) is 2.46. The normalized spacial score (nSPS) is 20.6. The molecular weight excluding hydrogens is 418 g/mol. The Balaban J connectivity index is 1.29. The maximum atomic E-state index is 13.0. The van der Waals surface area contributed by atoms with Gasteiger partial charge in [0.25, 0.3) is 5.91 Å².